The Morgan fingerprint density at radius 1 is 1.41 bits per heavy atom. The van der Waals surface area contributed by atoms with E-state index in [0.29, 0.717) is 0 Å². The molecule has 0 amide bonds. The van der Waals surface area contributed by atoms with Crippen LogP contribution in [0.2, 0.25) is 5.02 Å². The Hall–Kier alpha value is -0.870. The van der Waals surface area contributed by atoms with Gasteiger partial charge in [0, 0.05) is 12.6 Å². The third kappa shape index (κ3) is 3.54. The van der Waals surface area contributed by atoms with E-state index in [1.54, 1.807) is 6.92 Å². The molecule has 17 heavy (non-hydrogen) atoms. The summed E-state index contributed by atoms with van der Waals surface area (Å²) in [4.78, 5) is 0. The Morgan fingerprint density at radius 3 is 2.47 bits per heavy atom. The highest BCUT2D eigenvalue weighted by molar-refractivity contribution is 6.33. The van der Waals surface area contributed by atoms with Gasteiger partial charge in [-0.1, -0.05) is 25.4 Å². The summed E-state index contributed by atoms with van der Waals surface area (Å²) in [6.07, 6.45) is 0. The lowest BCUT2D eigenvalue weighted by Crippen LogP contribution is -2.39. The fourth-order valence-corrected chi connectivity index (χ4v) is 1.44. The summed E-state index contributed by atoms with van der Waals surface area (Å²) in [5, 5.41) is 12.7. The molecular weight excluding hydrogens is 248 g/mol. The van der Waals surface area contributed by atoms with Crippen molar-refractivity contribution in [3.8, 4) is 0 Å². The zero-order valence-electron chi connectivity index (χ0n) is 10.0. The second-order valence-corrected chi connectivity index (χ2v) is 5.02. The number of hydrogen-bond donors (Lipinski definition) is 2. The Balaban J connectivity index is 2.83. The lowest BCUT2D eigenvalue weighted by Gasteiger charge is -2.28. The first kappa shape index (κ1) is 14.2. The van der Waals surface area contributed by atoms with Crippen molar-refractivity contribution in [3.05, 3.63) is 28.8 Å². The van der Waals surface area contributed by atoms with Crippen LogP contribution in [0.3, 0.4) is 0 Å². The maximum absolute atomic E-state index is 13.4. The minimum atomic E-state index is -0.996. The predicted octanol–water partition coefficient (Wildman–Crippen LogP) is 3.44. The quantitative estimate of drug-likeness (QED) is 0.872. The molecule has 0 saturated heterocycles. The molecule has 1 atom stereocenters. The third-order valence-corrected chi connectivity index (χ3v) is 3.17. The predicted molar refractivity (Wildman–Crippen MR) is 65.3 cm³/mol. The molecule has 2 N–H and O–H groups in total. The SMILES string of the molecule is CC(C)C(C)(O)CNc1c(F)cc(F)cc1Cl. The number of rotatable bonds is 4. The third-order valence-electron chi connectivity index (χ3n) is 2.87. The average molecular weight is 264 g/mol. The summed E-state index contributed by atoms with van der Waals surface area (Å²) in [6.45, 7) is 5.47. The van der Waals surface area contributed by atoms with Crippen LogP contribution < -0.4 is 5.32 Å². The van der Waals surface area contributed by atoms with Gasteiger partial charge in [0.1, 0.15) is 5.82 Å². The van der Waals surface area contributed by atoms with Gasteiger partial charge >= 0.3 is 0 Å². The molecule has 1 aromatic rings. The van der Waals surface area contributed by atoms with Crippen molar-refractivity contribution in [3.63, 3.8) is 0 Å². The molecule has 5 heteroatoms. The van der Waals surface area contributed by atoms with Crippen LogP contribution in [0.15, 0.2) is 12.1 Å². The maximum Gasteiger partial charge on any atom is 0.150 e. The normalized spacial score (nSPS) is 14.8. The minimum Gasteiger partial charge on any atom is -0.388 e. The van der Waals surface area contributed by atoms with Crippen LogP contribution in [0.4, 0.5) is 14.5 Å². The number of hydrogen-bond acceptors (Lipinski definition) is 2. The second-order valence-electron chi connectivity index (χ2n) is 4.61. The van der Waals surface area contributed by atoms with Crippen LogP contribution in [-0.4, -0.2) is 17.3 Å². The Morgan fingerprint density at radius 2 is 2.00 bits per heavy atom. The summed E-state index contributed by atoms with van der Waals surface area (Å²) in [7, 11) is 0. The molecule has 96 valence electrons. The van der Waals surface area contributed by atoms with E-state index in [1.807, 2.05) is 13.8 Å². The standard InChI is InChI=1S/C12H16ClF2NO/c1-7(2)12(3,17)6-16-11-9(13)4-8(14)5-10(11)15/h4-5,7,16-17H,6H2,1-3H3. The molecule has 0 heterocycles. The molecule has 0 aliphatic rings. The van der Waals surface area contributed by atoms with Crippen molar-refractivity contribution in [1.82, 2.24) is 0 Å². The van der Waals surface area contributed by atoms with Gasteiger partial charge in [0.15, 0.2) is 5.82 Å². The molecule has 0 bridgehead atoms. The lowest BCUT2D eigenvalue weighted by molar-refractivity contribution is 0.0266. The molecule has 0 aliphatic heterocycles. The first-order valence-electron chi connectivity index (χ1n) is 5.35. The Labute approximate surface area is 105 Å². The van der Waals surface area contributed by atoms with Crippen molar-refractivity contribution in [2.75, 3.05) is 11.9 Å². The van der Waals surface area contributed by atoms with Crippen LogP contribution in [0.25, 0.3) is 0 Å². The highest BCUT2D eigenvalue weighted by Crippen LogP contribution is 2.27. The van der Waals surface area contributed by atoms with E-state index >= 15 is 0 Å². The molecule has 2 nitrogen and oxygen atoms in total. The average Bonchev–Trinajstić information content (AvgIpc) is 2.15. The molecule has 0 aliphatic carbocycles. The first-order chi connectivity index (χ1) is 7.74. The molecular formula is C12H16ClF2NO. The van der Waals surface area contributed by atoms with Crippen LogP contribution in [0.1, 0.15) is 20.8 Å². The fourth-order valence-electron chi connectivity index (χ4n) is 1.18. The van der Waals surface area contributed by atoms with Crippen LogP contribution in [0, 0.1) is 17.6 Å². The summed E-state index contributed by atoms with van der Waals surface area (Å²) < 4.78 is 26.2. The number of anilines is 1. The van der Waals surface area contributed by atoms with Gasteiger partial charge in [0.25, 0.3) is 0 Å². The van der Waals surface area contributed by atoms with Gasteiger partial charge in [-0.3, -0.25) is 0 Å². The van der Waals surface area contributed by atoms with Crippen molar-refractivity contribution < 1.29 is 13.9 Å². The van der Waals surface area contributed by atoms with Gasteiger partial charge in [-0.25, -0.2) is 8.78 Å². The molecule has 0 aromatic heterocycles. The Kier molecular flexibility index (Phi) is 4.33. The highest BCUT2D eigenvalue weighted by atomic mass is 35.5. The van der Waals surface area contributed by atoms with Gasteiger partial charge in [0.05, 0.1) is 16.3 Å². The first-order valence-corrected chi connectivity index (χ1v) is 5.72. The summed E-state index contributed by atoms with van der Waals surface area (Å²) in [5.74, 6) is -1.50. The van der Waals surface area contributed by atoms with Crippen molar-refractivity contribution >= 4 is 17.3 Å². The number of aliphatic hydroxyl groups is 1. The molecule has 1 rings (SSSR count). The zero-order chi connectivity index (χ0) is 13.2. The van der Waals surface area contributed by atoms with E-state index in [9.17, 15) is 13.9 Å². The van der Waals surface area contributed by atoms with E-state index in [2.05, 4.69) is 5.32 Å². The molecule has 0 radical (unpaired) electrons. The number of halogens is 3. The van der Waals surface area contributed by atoms with Gasteiger partial charge in [-0.2, -0.15) is 0 Å². The van der Waals surface area contributed by atoms with E-state index in [-0.39, 0.29) is 23.2 Å². The molecule has 0 saturated carbocycles. The number of nitrogens with one attached hydrogen (secondary N) is 1. The maximum atomic E-state index is 13.4. The second kappa shape index (κ2) is 5.19. The largest absolute Gasteiger partial charge is 0.388 e. The monoisotopic (exact) mass is 263 g/mol. The van der Waals surface area contributed by atoms with Crippen LogP contribution in [-0.2, 0) is 0 Å². The topological polar surface area (TPSA) is 32.3 Å². The van der Waals surface area contributed by atoms with Gasteiger partial charge in [0.2, 0.25) is 0 Å². The molecule has 1 aromatic carbocycles. The lowest BCUT2D eigenvalue weighted by atomic mass is 9.92. The zero-order valence-corrected chi connectivity index (χ0v) is 10.8. The van der Waals surface area contributed by atoms with Crippen molar-refractivity contribution in [1.29, 1.82) is 0 Å². The van der Waals surface area contributed by atoms with E-state index < -0.39 is 17.2 Å². The van der Waals surface area contributed by atoms with E-state index in [4.69, 9.17) is 11.6 Å². The Bertz CT molecular complexity index is 384. The smallest absolute Gasteiger partial charge is 0.150 e. The van der Waals surface area contributed by atoms with Crippen molar-refractivity contribution in [2.24, 2.45) is 5.92 Å². The fraction of sp³-hybridized carbons (Fsp3) is 0.500. The van der Waals surface area contributed by atoms with E-state index in [1.165, 1.54) is 0 Å². The number of benzene rings is 1. The summed E-state index contributed by atoms with van der Waals surface area (Å²) in [5.41, 5.74) is -0.988. The summed E-state index contributed by atoms with van der Waals surface area (Å²) in [6, 6.07) is 1.77. The van der Waals surface area contributed by atoms with E-state index in [0.717, 1.165) is 12.1 Å². The van der Waals surface area contributed by atoms with Gasteiger partial charge in [-0.05, 0) is 18.9 Å². The van der Waals surface area contributed by atoms with Gasteiger partial charge in [-0.15, -0.1) is 0 Å². The van der Waals surface area contributed by atoms with Gasteiger partial charge < -0.3 is 10.4 Å². The minimum absolute atomic E-state index is 0.00251. The van der Waals surface area contributed by atoms with Crippen LogP contribution >= 0.6 is 11.6 Å². The van der Waals surface area contributed by atoms with Crippen LogP contribution in [0.5, 0.6) is 0 Å². The molecule has 1 unspecified atom stereocenters. The van der Waals surface area contributed by atoms with Crippen molar-refractivity contribution in [2.45, 2.75) is 26.4 Å². The molecule has 0 spiro atoms. The highest BCUT2D eigenvalue weighted by Gasteiger charge is 2.25. The molecule has 0 fully saturated rings. The summed E-state index contributed by atoms with van der Waals surface area (Å²) >= 11 is 5.72.